The fourth-order valence-corrected chi connectivity index (χ4v) is 3.42. The quantitative estimate of drug-likeness (QED) is 0.667. The zero-order chi connectivity index (χ0) is 19.6. The van der Waals surface area contributed by atoms with Gasteiger partial charge in [0.25, 0.3) is 0 Å². The average molecular weight is 379 g/mol. The molecule has 0 saturated heterocycles. The molecule has 4 nitrogen and oxygen atoms in total. The van der Waals surface area contributed by atoms with Gasteiger partial charge in [0.15, 0.2) is 5.82 Å². The average Bonchev–Trinajstić information content (AvgIpc) is 3.13. The summed E-state index contributed by atoms with van der Waals surface area (Å²) in [6.07, 6.45) is 0.114. The summed E-state index contributed by atoms with van der Waals surface area (Å²) < 4.78 is 46.4. The highest BCUT2D eigenvalue weighted by atomic mass is 19.4. The summed E-state index contributed by atoms with van der Waals surface area (Å²) in [5.41, 5.74) is 0.760. The molecule has 0 unspecified atom stereocenters. The Labute approximate surface area is 157 Å². The van der Waals surface area contributed by atoms with Gasteiger partial charge in [-0.25, -0.2) is 4.98 Å². The third-order valence-corrected chi connectivity index (χ3v) is 4.86. The van der Waals surface area contributed by atoms with Gasteiger partial charge in [-0.3, -0.25) is 0 Å². The van der Waals surface area contributed by atoms with E-state index >= 15 is 0 Å². The number of aromatic nitrogens is 2. The van der Waals surface area contributed by atoms with Gasteiger partial charge in [0, 0.05) is 18.9 Å². The minimum atomic E-state index is -4.55. The number of alkyl halides is 3. The molecule has 0 aliphatic heterocycles. The first-order valence-electron chi connectivity index (χ1n) is 9.21. The summed E-state index contributed by atoms with van der Waals surface area (Å²) in [7, 11) is 1.60. The maximum atomic E-state index is 13.6. The van der Waals surface area contributed by atoms with Crippen LogP contribution in [0.15, 0.2) is 30.5 Å². The van der Waals surface area contributed by atoms with E-state index in [1.807, 2.05) is 32.0 Å². The normalized spacial score (nSPS) is 15.4. The molecule has 0 radical (unpaired) electrons. The van der Waals surface area contributed by atoms with Crippen molar-refractivity contribution in [2.24, 2.45) is 0 Å². The van der Waals surface area contributed by atoms with Crippen molar-refractivity contribution in [2.75, 3.05) is 11.9 Å². The molecule has 0 atom stereocenters. The van der Waals surface area contributed by atoms with Crippen LogP contribution in [-0.2, 0) is 6.18 Å². The number of para-hydroxylation sites is 1. The first kappa shape index (κ1) is 19.5. The van der Waals surface area contributed by atoms with E-state index in [9.17, 15) is 13.2 Å². The Balaban J connectivity index is 2.02. The summed E-state index contributed by atoms with van der Waals surface area (Å²) in [6, 6.07) is 7.41. The number of anilines is 2. The molecule has 0 spiro atoms. The maximum Gasteiger partial charge on any atom is 0.421 e. The van der Waals surface area contributed by atoms with E-state index in [1.165, 1.54) is 4.90 Å². The van der Waals surface area contributed by atoms with Crippen molar-refractivity contribution in [3.8, 4) is 6.01 Å². The number of benzene rings is 1. The van der Waals surface area contributed by atoms with Gasteiger partial charge in [-0.1, -0.05) is 32.0 Å². The number of halogens is 3. The molecule has 0 N–H and O–H groups in total. The van der Waals surface area contributed by atoms with Crippen LogP contribution in [0.25, 0.3) is 0 Å². The second-order valence-corrected chi connectivity index (χ2v) is 7.18. The monoisotopic (exact) mass is 379 g/mol. The Kier molecular flexibility index (Phi) is 5.58. The van der Waals surface area contributed by atoms with Crippen molar-refractivity contribution in [3.63, 3.8) is 0 Å². The Bertz CT molecular complexity index is 786. The molecule has 146 valence electrons. The highest BCUT2D eigenvalue weighted by molar-refractivity contribution is 5.66. The third kappa shape index (κ3) is 4.34. The van der Waals surface area contributed by atoms with Crippen LogP contribution in [0.3, 0.4) is 0 Å². The smallest absolute Gasteiger partial charge is 0.421 e. The largest absolute Gasteiger partial charge is 0.460 e. The van der Waals surface area contributed by atoms with Crippen LogP contribution in [0.2, 0.25) is 0 Å². The first-order chi connectivity index (χ1) is 12.8. The van der Waals surface area contributed by atoms with E-state index in [0.29, 0.717) is 5.69 Å². The van der Waals surface area contributed by atoms with Crippen LogP contribution in [0.5, 0.6) is 6.01 Å². The molecule has 1 saturated carbocycles. The Hall–Kier alpha value is -2.31. The second-order valence-electron chi connectivity index (χ2n) is 7.18. The molecule has 1 aromatic carbocycles. The van der Waals surface area contributed by atoms with E-state index in [1.54, 1.807) is 13.1 Å². The number of nitrogens with zero attached hydrogens (tertiary/aromatic N) is 3. The topological polar surface area (TPSA) is 38.2 Å². The zero-order valence-corrected chi connectivity index (χ0v) is 15.8. The lowest BCUT2D eigenvalue weighted by atomic mass is 10.0. The van der Waals surface area contributed by atoms with Crippen molar-refractivity contribution >= 4 is 11.5 Å². The lowest BCUT2D eigenvalue weighted by Crippen LogP contribution is -2.21. The van der Waals surface area contributed by atoms with Gasteiger partial charge in [-0.15, -0.1) is 0 Å². The number of rotatable bonds is 5. The standard InChI is InChI=1S/C20H24F3N3O/c1-13(2)15-10-6-7-11-17(15)26(3)18-16(20(21,22)23)12-24-19(25-18)27-14-8-4-5-9-14/h6-7,10-14H,4-5,8-9H2,1-3H3. The van der Waals surface area contributed by atoms with Gasteiger partial charge in [-0.2, -0.15) is 18.2 Å². The fourth-order valence-electron chi connectivity index (χ4n) is 3.42. The highest BCUT2D eigenvalue weighted by Gasteiger charge is 2.37. The SMILES string of the molecule is CC(C)c1ccccc1N(C)c1nc(OC2CCCC2)ncc1C(F)(F)F. The molecule has 2 aromatic rings. The van der Waals surface area contributed by atoms with E-state index in [0.717, 1.165) is 37.4 Å². The van der Waals surface area contributed by atoms with Gasteiger partial charge >= 0.3 is 12.2 Å². The minimum absolute atomic E-state index is 0.00113. The molecule has 3 rings (SSSR count). The predicted molar refractivity (Wildman–Crippen MR) is 98.5 cm³/mol. The minimum Gasteiger partial charge on any atom is -0.460 e. The number of hydrogen-bond acceptors (Lipinski definition) is 4. The molecule has 1 aliphatic carbocycles. The Morgan fingerprint density at radius 3 is 2.44 bits per heavy atom. The molecule has 7 heteroatoms. The van der Waals surface area contributed by atoms with Crippen molar-refractivity contribution in [2.45, 2.75) is 57.7 Å². The molecule has 1 heterocycles. The molecular formula is C20H24F3N3O. The molecule has 27 heavy (non-hydrogen) atoms. The van der Waals surface area contributed by atoms with Crippen LogP contribution < -0.4 is 9.64 Å². The van der Waals surface area contributed by atoms with E-state index in [4.69, 9.17) is 4.74 Å². The highest BCUT2D eigenvalue weighted by Crippen LogP contribution is 2.39. The Morgan fingerprint density at radius 1 is 1.15 bits per heavy atom. The zero-order valence-electron chi connectivity index (χ0n) is 15.8. The van der Waals surface area contributed by atoms with E-state index in [2.05, 4.69) is 9.97 Å². The predicted octanol–water partition coefficient (Wildman–Crippen LogP) is 5.71. The second kappa shape index (κ2) is 7.74. The summed E-state index contributed by atoms with van der Waals surface area (Å²) >= 11 is 0. The van der Waals surface area contributed by atoms with Crippen LogP contribution in [0.1, 0.15) is 56.6 Å². The summed E-state index contributed by atoms with van der Waals surface area (Å²) in [5, 5.41) is 0. The fraction of sp³-hybridized carbons (Fsp3) is 0.500. The molecule has 0 bridgehead atoms. The van der Waals surface area contributed by atoms with Crippen LogP contribution in [-0.4, -0.2) is 23.1 Å². The van der Waals surface area contributed by atoms with Crippen LogP contribution in [0, 0.1) is 0 Å². The van der Waals surface area contributed by atoms with Gasteiger partial charge in [-0.05, 0) is 43.2 Å². The molecular weight excluding hydrogens is 355 g/mol. The molecule has 1 aliphatic rings. The first-order valence-corrected chi connectivity index (χ1v) is 9.21. The van der Waals surface area contributed by atoms with Gasteiger partial charge in [0.1, 0.15) is 11.7 Å². The van der Waals surface area contributed by atoms with Gasteiger partial charge in [0.05, 0.1) is 0 Å². The molecule has 1 aromatic heterocycles. The van der Waals surface area contributed by atoms with Crippen molar-refractivity contribution in [1.82, 2.24) is 9.97 Å². The Morgan fingerprint density at radius 2 is 1.81 bits per heavy atom. The third-order valence-electron chi connectivity index (χ3n) is 4.86. The molecule has 1 fully saturated rings. The summed E-state index contributed by atoms with van der Waals surface area (Å²) in [6.45, 7) is 4.01. The molecule has 0 amide bonds. The summed E-state index contributed by atoms with van der Waals surface area (Å²) in [4.78, 5) is 9.45. The van der Waals surface area contributed by atoms with Crippen molar-refractivity contribution in [3.05, 3.63) is 41.6 Å². The van der Waals surface area contributed by atoms with Crippen LogP contribution in [0.4, 0.5) is 24.7 Å². The number of hydrogen-bond donors (Lipinski definition) is 0. The van der Waals surface area contributed by atoms with Gasteiger partial charge in [0.2, 0.25) is 0 Å². The maximum absolute atomic E-state index is 13.6. The lowest BCUT2D eigenvalue weighted by molar-refractivity contribution is -0.137. The van der Waals surface area contributed by atoms with Crippen LogP contribution >= 0.6 is 0 Å². The van der Waals surface area contributed by atoms with E-state index in [-0.39, 0.29) is 23.9 Å². The van der Waals surface area contributed by atoms with E-state index < -0.39 is 11.7 Å². The lowest BCUT2D eigenvalue weighted by Gasteiger charge is -2.26. The number of ether oxygens (including phenoxy) is 1. The van der Waals surface area contributed by atoms with Crippen molar-refractivity contribution < 1.29 is 17.9 Å². The van der Waals surface area contributed by atoms with Crippen molar-refractivity contribution in [1.29, 1.82) is 0 Å². The van der Waals surface area contributed by atoms with Gasteiger partial charge < -0.3 is 9.64 Å². The summed E-state index contributed by atoms with van der Waals surface area (Å²) in [5.74, 6) is -0.0346.